The third-order valence-corrected chi connectivity index (χ3v) is 4.63. The van der Waals surface area contributed by atoms with Gasteiger partial charge in [0.25, 0.3) is 0 Å². The molecule has 25 heavy (non-hydrogen) atoms. The van der Waals surface area contributed by atoms with Crippen molar-refractivity contribution >= 4 is 45.5 Å². The van der Waals surface area contributed by atoms with Gasteiger partial charge in [-0.15, -0.1) is 10.2 Å². The Balaban J connectivity index is 1.62. The molecule has 0 fully saturated rings. The monoisotopic (exact) mass is 440 g/mol. The maximum absolute atomic E-state index is 6.12. The second-order valence-corrected chi connectivity index (χ2v) is 7.36. The van der Waals surface area contributed by atoms with E-state index in [0.717, 1.165) is 15.4 Å². The Labute approximate surface area is 162 Å². The molecule has 0 amide bonds. The van der Waals surface area contributed by atoms with Crippen molar-refractivity contribution in [3.05, 3.63) is 57.7 Å². The molecule has 0 bridgehead atoms. The molecule has 0 aliphatic heterocycles. The number of nitrogens with zero attached hydrogens (tertiary/aromatic N) is 4. The van der Waals surface area contributed by atoms with Gasteiger partial charge < -0.3 is 9.15 Å². The van der Waals surface area contributed by atoms with Crippen LogP contribution in [0.1, 0.15) is 18.4 Å². The summed E-state index contributed by atoms with van der Waals surface area (Å²) >= 11 is 11.0. The van der Waals surface area contributed by atoms with E-state index in [2.05, 4.69) is 31.2 Å². The van der Waals surface area contributed by atoms with Crippen LogP contribution in [0.4, 0.5) is 0 Å². The second kappa shape index (κ2) is 8.55. The molecule has 0 saturated carbocycles. The van der Waals surface area contributed by atoms with Crippen LogP contribution in [-0.2, 0) is 6.61 Å². The van der Waals surface area contributed by atoms with Crippen molar-refractivity contribution in [1.82, 2.24) is 14.9 Å². The van der Waals surface area contributed by atoms with E-state index in [1.165, 1.54) is 0 Å². The largest absolute Gasteiger partial charge is 0.484 e. The van der Waals surface area contributed by atoms with Crippen LogP contribution in [0.5, 0.6) is 5.75 Å². The van der Waals surface area contributed by atoms with Crippen LogP contribution in [0.3, 0.4) is 0 Å². The number of halogens is 2. The molecule has 2 heterocycles. The lowest BCUT2D eigenvalue weighted by Crippen LogP contribution is -1.94. The summed E-state index contributed by atoms with van der Waals surface area (Å²) in [4.78, 5) is 0. The summed E-state index contributed by atoms with van der Waals surface area (Å²) < 4.78 is 13.9. The standard InChI is InChI=1S/C16H14BrClN4O2S/c1-2-25-16-21-19-10-22(16)20-8-12-4-5-13(24-12)9-23-15-6-3-11(17)7-14(15)18/h3-8,10H,2,9H2,1H3/b20-8+. The third kappa shape index (κ3) is 4.87. The van der Waals surface area contributed by atoms with Crippen LogP contribution in [0, 0.1) is 0 Å². The minimum Gasteiger partial charge on any atom is -0.484 e. The van der Waals surface area contributed by atoms with Gasteiger partial charge in [0.2, 0.25) is 5.16 Å². The predicted molar refractivity (Wildman–Crippen MR) is 102 cm³/mol. The molecule has 0 aliphatic rings. The van der Waals surface area contributed by atoms with Crippen molar-refractivity contribution < 1.29 is 9.15 Å². The van der Waals surface area contributed by atoms with Crippen LogP contribution >= 0.6 is 39.3 Å². The Bertz CT molecular complexity index is 881. The number of ether oxygens (including phenoxy) is 1. The first-order chi connectivity index (χ1) is 12.2. The minimum atomic E-state index is 0.277. The second-order valence-electron chi connectivity index (χ2n) is 4.80. The highest BCUT2D eigenvalue weighted by atomic mass is 79.9. The molecule has 130 valence electrons. The molecule has 3 aromatic rings. The third-order valence-electron chi connectivity index (χ3n) is 3.03. The summed E-state index contributed by atoms with van der Waals surface area (Å²) in [7, 11) is 0. The highest BCUT2D eigenvalue weighted by Crippen LogP contribution is 2.28. The molecule has 0 atom stereocenters. The van der Waals surface area contributed by atoms with E-state index in [9.17, 15) is 0 Å². The number of hydrogen-bond acceptors (Lipinski definition) is 6. The SMILES string of the molecule is CCSc1nncn1/N=C/c1ccc(COc2ccc(Br)cc2Cl)o1. The maximum atomic E-state index is 6.12. The van der Waals surface area contributed by atoms with E-state index in [1.807, 2.05) is 25.1 Å². The van der Waals surface area contributed by atoms with Crippen molar-refractivity contribution in [2.24, 2.45) is 5.10 Å². The van der Waals surface area contributed by atoms with E-state index in [4.69, 9.17) is 20.8 Å². The molecule has 0 N–H and O–H groups in total. The van der Waals surface area contributed by atoms with E-state index in [-0.39, 0.29) is 6.61 Å². The van der Waals surface area contributed by atoms with Gasteiger partial charge in [-0.25, -0.2) is 0 Å². The molecular formula is C16H14BrClN4O2S. The number of furan rings is 1. The highest BCUT2D eigenvalue weighted by Gasteiger charge is 2.06. The van der Waals surface area contributed by atoms with Gasteiger partial charge in [-0.1, -0.05) is 46.2 Å². The fraction of sp³-hybridized carbons (Fsp3) is 0.188. The van der Waals surface area contributed by atoms with Gasteiger partial charge in [0.1, 0.15) is 30.2 Å². The van der Waals surface area contributed by atoms with Crippen LogP contribution < -0.4 is 4.74 Å². The Hall–Kier alpha value is -1.77. The van der Waals surface area contributed by atoms with Gasteiger partial charge in [0.15, 0.2) is 0 Å². The molecular weight excluding hydrogens is 428 g/mol. The van der Waals surface area contributed by atoms with Crippen molar-refractivity contribution in [2.75, 3.05) is 5.75 Å². The summed E-state index contributed by atoms with van der Waals surface area (Å²) in [5.41, 5.74) is 0. The van der Waals surface area contributed by atoms with Crippen LogP contribution in [0.15, 0.2) is 55.8 Å². The van der Waals surface area contributed by atoms with Crippen LogP contribution in [-0.4, -0.2) is 26.8 Å². The lowest BCUT2D eigenvalue weighted by molar-refractivity contribution is 0.270. The summed E-state index contributed by atoms with van der Waals surface area (Å²) in [6, 6.07) is 9.11. The van der Waals surface area contributed by atoms with E-state index < -0.39 is 0 Å². The zero-order chi connectivity index (χ0) is 17.6. The molecule has 3 rings (SSSR count). The van der Waals surface area contributed by atoms with E-state index in [0.29, 0.717) is 22.3 Å². The van der Waals surface area contributed by atoms with E-state index >= 15 is 0 Å². The lowest BCUT2D eigenvalue weighted by atomic mass is 10.3. The Morgan fingerprint density at radius 2 is 2.28 bits per heavy atom. The van der Waals surface area contributed by atoms with E-state index in [1.54, 1.807) is 41.1 Å². The maximum Gasteiger partial charge on any atom is 0.211 e. The summed E-state index contributed by atoms with van der Waals surface area (Å²) in [5.74, 6) is 2.78. The van der Waals surface area contributed by atoms with Gasteiger partial charge in [-0.3, -0.25) is 0 Å². The van der Waals surface area contributed by atoms with Gasteiger partial charge in [0, 0.05) is 4.47 Å². The summed E-state index contributed by atoms with van der Waals surface area (Å²) in [6.45, 7) is 2.32. The minimum absolute atomic E-state index is 0.277. The average molecular weight is 442 g/mol. The smallest absolute Gasteiger partial charge is 0.211 e. The number of rotatable bonds is 7. The van der Waals surface area contributed by atoms with Gasteiger partial charge in [-0.2, -0.15) is 9.78 Å². The van der Waals surface area contributed by atoms with Crippen molar-refractivity contribution in [3.8, 4) is 5.75 Å². The fourth-order valence-corrected chi connectivity index (χ4v) is 3.24. The first-order valence-corrected chi connectivity index (χ1v) is 9.55. The molecule has 0 spiro atoms. The van der Waals surface area contributed by atoms with Crippen LogP contribution in [0.25, 0.3) is 0 Å². The van der Waals surface area contributed by atoms with Crippen molar-refractivity contribution in [2.45, 2.75) is 18.7 Å². The molecule has 0 radical (unpaired) electrons. The Kier molecular flexibility index (Phi) is 6.17. The number of hydrogen-bond donors (Lipinski definition) is 0. The Morgan fingerprint density at radius 3 is 3.08 bits per heavy atom. The molecule has 6 nitrogen and oxygen atoms in total. The molecule has 2 aromatic heterocycles. The quantitative estimate of drug-likeness (QED) is 0.387. The highest BCUT2D eigenvalue weighted by molar-refractivity contribution is 9.10. The number of thioether (sulfide) groups is 1. The normalized spacial score (nSPS) is 11.3. The molecule has 1 aromatic carbocycles. The summed E-state index contributed by atoms with van der Waals surface area (Å²) in [5, 5.41) is 13.4. The Morgan fingerprint density at radius 1 is 1.40 bits per heavy atom. The molecule has 0 unspecified atom stereocenters. The first kappa shape index (κ1) is 18.0. The fourth-order valence-electron chi connectivity index (χ4n) is 1.92. The predicted octanol–water partition coefficient (Wildman–Crippen LogP) is 4.86. The molecule has 0 aliphatic carbocycles. The van der Waals surface area contributed by atoms with Gasteiger partial charge in [0.05, 0.1) is 11.2 Å². The molecule has 0 saturated heterocycles. The topological polar surface area (TPSA) is 65.4 Å². The number of aromatic nitrogens is 3. The zero-order valence-corrected chi connectivity index (χ0v) is 16.4. The van der Waals surface area contributed by atoms with Gasteiger partial charge >= 0.3 is 0 Å². The summed E-state index contributed by atoms with van der Waals surface area (Å²) in [6.07, 6.45) is 3.16. The van der Waals surface area contributed by atoms with Crippen molar-refractivity contribution in [3.63, 3.8) is 0 Å². The first-order valence-electron chi connectivity index (χ1n) is 7.39. The van der Waals surface area contributed by atoms with Crippen molar-refractivity contribution in [1.29, 1.82) is 0 Å². The average Bonchev–Trinajstić information content (AvgIpc) is 3.22. The number of benzene rings is 1. The molecule has 9 heteroatoms. The zero-order valence-electron chi connectivity index (χ0n) is 13.2. The lowest BCUT2D eigenvalue weighted by Gasteiger charge is -2.06. The van der Waals surface area contributed by atoms with Crippen LogP contribution in [0.2, 0.25) is 5.02 Å². The van der Waals surface area contributed by atoms with Gasteiger partial charge in [-0.05, 0) is 36.1 Å².